The minimum absolute atomic E-state index is 0.00425. The highest BCUT2D eigenvalue weighted by atomic mass is 19.2. The molecule has 0 radical (unpaired) electrons. The molecule has 4 nitrogen and oxygen atoms in total. The molecule has 26 heavy (non-hydrogen) atoms. The maximum absolute atomic E-state index is 13.2. The molecule has 0 spiro atoms. The molecule has 2 aromatic rings. The van der Waals surface area contributed by atoms with Gasteiger partial charge in [-0.15, -0.1) is 0 Å². The summed E-state index contributed by atoms with van der Waals surface area (Å²) < 4.78 is 38.9. The number of carbonyl (C=O) groups is 2. The number of benzene rings is 2. The Kier molecular flexibility index (Phi) is 6.77. The van der Waals surface area contributed by atoms with Gasteiger partial charge in [0.1, 0.15) is 5.82 Å². The number of carbonyl (C=O) groups excluding carboxylic acids is 2. The smallest absolute Gasteiger partial charge is 0.251 e. The van der Waals surface area contributed by atoms with E-state index in [0.717, 1.165) is 17.7 Å². The van der Waals surface area contributed by atoms with Crippen molar-refractivity contribution in [1.29, 1.82) is 0 Å². The summed E-state index contributed by atoms with van der Waals surface area (Å²) >= 11 is 0. The molecule has 2 rings (SSSR count). The molecule has 0 aromatic heterocycles. The Bertz CT molecular complexity index is 779. The van der Waals surface area contributed by atoms with Crippen molar-refractivity contribution in [1.82, 2.24) is 10.2 Å². The van der Waals surface area contributed by atoms with E-state index in [1.807, 2.05) is 0 Å². The van der Waals surface area contributed by atoms with Crippen molar-refractivity contribution < 1.29 is 22.8 Å². The van der Waals surface area contributed by atoms with Gasteiger partial charge in [-0.2, -0.15) is 0 Å². The Balaban J connectivity index is 1.83. The van der Waals surface area contributed by atoms with Crippen LogP contribution in [0.4, 0.5) is 13.2 Å². The first-order valence-corrected chi connectivity index (χ1v) is 8.10. The number of nitrogens with zero attached hydrogens (tertiary/aromatic N) is 1. The fraction of sp³-hybridized carbons (Fsp3) is 0.263. The molecular formula is C19H19F3N2O2. The van der Waals surface area contributed by atoms with Gasteiger partial charge in [0.25, 0.3) is 5.91 Å². The molecular weight excluding hydrogens is 345 g/mol. The number of nitrogens with one attached hydrogen (secondary N) is 1. The third kappa shape index (κ3) is 5.61. The van der Waals surface area contributed by atoms with Gasteiger partial charge in [-0.1, -0.05) is 12.1 Å². The van der Waals surface area contributed by atoms with Crippen LogP contribution in [0.5, 0.6) is 0 Å². The maximum atomic E-state index is 13.2. The van der Waals surface area contributed by atoms with E-state index >= 15 is 0 Å². The highest BCUT2D eigenvalue weighted by Gasteiger charge is 2.12. The van der Waals surface area contributed by atoms with Crippen molar-refractivity contribution in [2.75, 3.05) is 19.6 Å². The lowest BCUT2D eigenvalue weighted by molar-refractivity contribution is -0.128. The highest BCUT2D eigenvalue weighted by Crippen LogP contribution is 2.08. The maximum Gasteiger partial charge on any atom is 0.251 e. The van der Waals surface area contributed by atoms with Crippen LogP contribution in [0.25, 0.3) is 0 Å². The minimum Gasteiger partial charge on any atom is -0.350 e. The fourth-order valence-electron chi connectivity index (χ4n) is 2.39. The van der Waals surface area contributed by atoms with E-state index in [1.54, 1.807) is 17.0 Å². The van der Waals surface area contributed by atoms with E-state index in [4.69, 9.17) is 0 Å². The lowest BCUT2D eigenvalue weighted by Crippen LogP contribution is -2.38. The lowest BCUT2D eigenvalue weighted by atomic mass is 10.1. The molecule has 0 aliphatic carbocycles. The molecule has 0 saturated heterocycles. The van der Waals surface area contributed by atoms with Gasteiger partial charge >= 0.3 is 0 Å². The third-order valence-corrected chi connectivity index (χ3v) is 3.88. The largest absolute Gasteiger partial charge is 0.350 e. The van der Waals surface area contributed by atoms with Crippen molar-refractivity contribution in [3.63, 3.8) is 0 Å². The zero-order valence-corrected chi connectivity index (χ0v) is 14.3. The van der Waals surface area contributed by atoms with Gasteiger partial charge < -0.3 is 10.2 Å². The summed E-state index contributed by atoms with van der Waals surface area (Å²) in [5, 5.41) is 2.57. The van der Waals surface area contributed by atoms with Crippen molar-refractivity contribution in [2.45, 2.75) is 13.3 Å². The molecule has 0 aliphatic heterocycles. The monoisotopic (exact) mass is 364 g/mol. The third-order valence-electron chi connectivity index (χ3n) is 3.88. The normalized spacial score (nSPS) is 10.5. The Morgan fingerprint density at radius 3 is 2.27 bits per heavy atom. The van der Waals surface area contributed by atoms with Gasteiger partial charge in [0, 0.05) is 32.1 Å². The van der Waals surface area contributed by atoms with Gasteiger partial charge in [-0.25, -0.2) is 13.2 Å². The van der Waals surface area contributed by atoms with Crippen LogP contribution in [-0.4, -0.2) is 36.3 Å². The van der Waals surface area contributed by atoms with Crippen LogP contribution in [0.2, 0.25) is 0 Å². The van der Waals surface area contributed by atoms with Crippen molar-refractivity contribution >= 4 is 11.8 Å². The molecule has 2 aromatic carbocycles. The van der Waals surface area contributed by atoms with Crippen molar-refractivity contribution in [3.05, 3.63) is 71.0 Å². The molecule has 0 fully saturated rings. The number of rotatable bonds is 7. The molecule has 7 heteroatoms. The molecule has 0 saturated carbocycles. The zero-order chi connectivity index (χ0) is 19.1. The number of hydrogen-bond acceptors (Lipinski definition) is 2. The van der Waals surface area contributed by atoms with Crippen LogP contribution < -0.4 is 5.32 Å². The van der Waals surface area contributed by atoms with Crippen molar-refractivity contribution in [3.8, 4) is 0 Å². The molecule has 0 unspecified atom stereocenters. The van der Waals surface area contributed by atoms with E-state index in [-0.39, 0.29) is 30.4 Å². The first kappa shape index (κ1) is 19.5. The van der Waals surface area contributed by atoms with E-state index in [1.165, 1.54) is 25.1 Å². The second-order valence-electron chi connectivity index (χ2n) is 5.77. The van der Waals surface area contributed by atoms with Crippen LogP contribution in [0, 0.1) is 17.5 Å². The molecule has 1 N–H and O–H groups in total. The summed E-state index contributed by atoms with van der Waals surface area (Å²) in [5.74, 6) is -3.15. The summed E-state index contributed by atoms with van der Waals surface area (Å²) in [5.41, 5.74) is 0.896. The summed E-state index contributed by atoms with van der Waals surface area (Å²) in [7, 11) is 0. The van der Waals surface area contributed by atoms with Crippen LogP contribution in [-0.2, 0) is 11.2 Å². The molecule has 0 heterocycles. The topological polar surface area (TPSA) is 49.4 Å². The molecule has 2 amide bonds. The summed E-state index contributed by atoms with van der Waals surface area (Å²) in [6, 6.07) is 8.91. The summed E-state index contributed by atoms with van der Waals surface area (Å²) in [6.07, 6.45) is 0.553. The van der Waals surface area contributed by atoms with Gasteiger partial charge in [-0.3, -0.25) is 9.59 Å². The number of amides is 2. The average Bonchev–Trinajstić information content (AvgIpc) is 2.61. The van der Waals surface area contributed by atoms with E-state index in [0.29, 0.717) is 13.0 Å². The van der Waals surface area contributed by atoms with Gasteiger partial charge in [-0.05, 0) is 42.3 Å². The fourth-order valence-corrected chi connectivity index (χ4v) is 2.39. The lowest BCUT2D eigenvalue weighted by Gasteiger charge is -2.21. The van der Waals surface area contributed by atoms with Crippen LogP contribution >= 0.6 is 0 Å². The molecule has 0 atom stereocenters. The zero-order valence-electron chi connectivity index (χ0n) is 14.3. The average molecular weight is 364 g/mol. The quantitative estimate of drug-likeness (QED) is 0.821. The second kappa shape index (κ2) is 9.03. The minimum atomic E-state index is -1.10. The standard InChI is InChI=1S/C19H19F3N2O2/c1-13(25)24(10-8-14-2-5-16(20)6-3-14)11-9-23-19(26)15-4-7-17(21)18(22)12-15/h2-7,12H,8-11H2,1H3,(H,23,26). The van der Waals surface area contributed by atoms with Crippen LogP contribution in [0.3, 0.4) is 0 Å². The van der Waals surface area contributed by atoms with E-state index in [2.05, 4.69) is 5.32 Å². The van der Waals surface area contributed by atoms with E-state index in [9.17, 15) is 22.8 Å². The molecule has 138 valence electrons. The number of hydrogen-bond donors (Lipinski definition) is 1. The molecule has 0 aliphatic rings. The first-order valence-electron chi connectivity index (χ1n) is 8.10. The van der Waals surface area contributed by atoms with Crippen LogP contribution in [0.1, 0.15) is 22.8 Å². The van der Waals surface area contributed by atoms with E-state index < -0.39 is 17.5 Å². The Labute approximate surface area is 149 Å². The van der Waals surface area contributed by atoms with Crippen LogP contribution in [0.15, 0.2) is 42.5 Å². The molecule has 0 bridgehead atoms. The SMILES string of the molecule is CC(=O)N(CCNC(=O)c1ccc(F)c(F)c1)CCc1ccc(F)cc1. The van der Waals surface area contributed by atoms with Gasteiger partial charge in [0.15, 0.2) is 11.6 Å². The predicted octanol–water partition coefficient (Wildman–Crippen LogP) is 2.92. The highest BCUT2D eigenvalue weighted by molar-refractivity contribution is 5.94. The Hall–Kier alpha value is -2.83. The van der Waals surface area contributed by atoms with Gasteiger partial charge in [0.05, 0.1) is 0 Å². The Morgan fingerprint density at radius 1 is 0.962 bits per heavy atom. The Morgan fingerprint density at radius 2 is 1.65 bits per heavy atom. The summed E-state index contributed by atoms with van der Waals surface area (Å²) in [6.45, 7) is 2.27. The first-order chi connectivity index (χ1) is 12.4. The second-order valence-corrected chi connectivity index (χ2v) is 5.77. The number of halogens is 3. The van der Waals surface area contributed by atoms with Crippen molar-refractivity contribution in [2.24, 2.45) is 0 Å². The summed E-state index contributed by atoms with van der Waals surface area (Å²) in [4.78, 5) is 25.2. The van der Waals surface area contributed by atoms with Gasteiger partial charge in [0.2, 0.25) is 5.91 Å². The predicted molar refractivity (Wildman–Crippen MR) is 91.0 cm³/mol.